The lowest BCUT2D eigenvalue weighted by Crippen LogP contribution is -1.98. The molecule has 0 aliphatic heterocycles. The van der Waals surface area contributed by atoms with E-state index in [-0.39, 0.29) is 0 Å². The van der Waals surface area contributed by atoms with E-state index in [1.807, 2.05) is 0 Å². The molecule has 0 aliphatic rings. The third-order valence-electron chi connectivity index (χ3n) is 1.17. The summed E-state index contributed by atoms with van der Waals surface area (Å²) >= 11 is 5.36. The minimum atomic E-state index is -0.679. The number of alkyl halides is 2. The first-order valence-corrected chi connectivity index (χ1v) is 3.84. The summed E-state index contributed by atoms with van der Waals surface area (Å²) in [5.41, 5.74) is 0. The Morgan fingerprint density at radius 1 is 1.44 bits per heavy atom. The third-order valence-corrected chi connectivity index (χ3v) is 1.44. The van der Waals surface area contributed by atoms with Crippen LogP contribution in [0, 0.1) is 6.92 Å². The number of hydrogen-bond acceptors (Lipinski definition) is 0. The van der Waals surface area contributed by atoms with Crippen LogP contribution in [0.2, 0.25) is 0 Å². The molecule has 9 heavy (non-hydrogen) atoms. The van der Waals surface area contributed by atoms with Crippen LogP contribution >= 0.6 is 11.6 Å². The number of halogens is 2. The van der Waals surface area contributed by atoms with Crippen molar-refractivity contribution in [2.45, 2.75) is 31.9 Å². The SMILES string of the molecule is [CH2]CCC(F)CCCCl. The van der Waals surface area contributed by atoms with Gasteiger partial charge in [-0.2, -0.15) is 0 Å². The Morgan fingerprint density at radius 2 is 2.11 bits per heavy atom. The van der Waals surface area contributed by atoms with Gasteiger partial charge in [0.05, 0.1) is 0 Å². The summed E-state index contributed by atoms with van der Waals surface area (Å²) in [7, 11) is 0. The van der Waals surface area contributed by atoms with Crippen molar-refractivity contribution in [2.24, 2.45) is 0 Å². The zero-order valence-corrected chi connectivity index (χ0v) is 6.33. The van der Waals surface area contributed by atoms with Gasteiger partial charge in [0.1, 0.15) is 6.17 Å². The molecule has 55 valence electrons. The smallest absolute Gasteiger partial charge is 0.100 e. The zero-order chi connectivity index (χ0) is 7.11. The van der Waals surface area contributed by atoms with Crippen LogP contribution in [0.3, 0.4) is 0 Å². The second-order valence-electron chi connectivity index (χ2n) is 2.07. The number of hydrogen-bond donors (Lipinski definition) is 0. The molecule has 0 saturated heterocycles. The second kappa shape index (κ2) is 6.34. The van der Waals surface area contributed by atoms with E-state index in [0.29, 0.717) is 25.1 Å². The quantitative estimate of drug-likeness (QED) is 0.530. The average molecular weight is 152 g/mol. The monoisotopic (exact) mass is 151 g/mol. The van der Waals surface area contributed by atoms with E-state index in [2.05, 4.69) is 6.92 Å². The van der Waals surface area contributed by atoms with Gasteiger partial charge in [-0.25, -0.2) is 4.39 Å². The third kappa shape index (κ3) is 6.10. The summed E-state index contributed by atoms with van der Waals surface area (Å²) in [6.45, 7) is 3.56. The van der Waals surface area contributed by atoms with Crippen LogP contribution in [0.25, 0.3) is 0 Å². The molecule has 2 heteroatoms. The van der Waals surface area contributed by atoms with Crippen LogP contribution in [0.5, 0.6) is 0 Å². The molecule has 0 nitrogen and oxygen atoms in total. The highest BCUT2D eigenvalue weighted by molar-refractivity contribution is 6.17. The first kappa shape index (κ1) is 9.22. The Balaban J connectivity index is 2.95. The van der Waals surface area contributed by atoms with Crippen LogP contribution < -0.4 is 0 Å². The van der Waals surface area contributed by atoms with E-state index in [0.717, 1.165) is 6.42 Å². The molecule has 0 aromatic rings. The van der Waals surface area contributed by atoms with E-state index < -0.39 is 6.17 Å². The largest absolute Gasteiger partial charge is 0.247 e. The molecule has 0 aromatic carbocycles. The van der Waals surface area contributed by atoms with Gasteiger partial charge in [0.25, 0.3) is 0 Å². The molecule has 0 heterocycles. The van der Waals surface area contributed by atoms with E-state index in [1.54, 1.807) is 0 Å². The van der Waals surface area contributed by atoms with Gasteiger partial charge in [0.15, 0.2) is 0 Å². The molecule has 0 bridgehead atoms. The lowest BCUT2D eigenvalue weighted by molar-refractivity contribution is 0.296. The maximum atomic E-state index is 12.5. The zero-order valence-electron chi connectivity index (χ0n) is 5.58. The lowest BCUT2D eigenvalue weighted by Gasteiger charge is -2.02. The predicted molar refractivity (Wildman–Crippen MR) is 39.4 cm³/mol. The normalized spacial score (nSPS) is 13.7. The van der Waals surface area contributed by atoms with Gasteiger partial charge in [0.2, 0.25) is 0 Å². The number of rotatable bonds is 5. The van der Waals surface area contributed by atoms with Crippen molar-refractivity contribution in [3.8, 4) is 0 Å². The maximum Gasteiger partial charge on any atom is 0.100 e. The molecule has 0 spiro atoms. The van der Waals surface area contributed by atoms with Gasteiger partial charge >= 0.3 is 0 Å². The highest BCUT2D eigenvalue weighted by Gasteiger charge is 2.02. The first-order valence-electron chi connectivity index (χ1n) is 3.30. The summed E-state index contributed by atoms with van der Waals surface area (Å²) < 4.78 is 12.5. The predicted octanol–water partition coefficient (Wildman–Crippen LogP) is 2.96. The molecule has 1 atom stereocenters. The van der Waals surface area contributed by atoms with Gasteiger partial charge < -0.3 is 0 Å². The molecule has 1 radical (unpaired) electrons. The van der Waals surface area contributed by atoms with E-state index in [4.69, 9.17) is 11.6 Å². The van der Waals surface area contributed by atoms with Crippen molar-refractivity contribution in [1.29, 1.82) is 0 Å². The molecule has 0 N–H and O–H groups in total. The summed E-state index contributed by atoms with van der Waals surface area (Å²) in [6, 6.07) is 0. The van der Waals surface area contributed by atoms with Gasteiger partial charge in [-0.05, 0) is 19.3 Å². The Hall–Kier alpha value is 0.220. The first-order chi connectivity index (χ1) is 4.31. The molecule has 0 amide bonds. The van der Waals surface area contributed by atoms with Crippen molar-refractivity contribution in [3.63, 3.8) is 0 Å². The van der Waals surface area contributed by atoms with E-state index in [9.17, 15) is 4.39 Å². The Kier molecular flexibility index (Phi) is 6.50. The Morgan fingerprint density at radius 3 is 2.56 bits per heavy atom. The van der Waals surface area contributed by atoms with Crippen molar-refractivity contribution < 1.29 is 4.39 Å². The fraction of sp³-hybridized carbons (Fsp3) is 0.857. The van der Waals surface area contributed by atoms with Crippen molar-refractivity contribution in [2.75, 3.05) is 5.88 Å². The molecular formula is C7H13ClF. The van der Waals surface area contributed by atoms with Gasteiger partial charge in [-0.3, -0.25) is 0 Å². The molecule has 0 aromatic heterocycles. The molecule has 1 unspecified atom stereocenters. The van der Waals surface area contributed by atoms with Gasteiger partial charge in [-0.1, -0.05) is 13.3 Å². The summed E-state index contributed by atoms with van der Waals surface area (Å²) in [5.74, 6) is 0.567. The second-order valence-corrected chi connectivity index (χ2v) is 2.45. The van der Waals surface area contributed by atoms with Crippen LogP contribution in [-0.4, -0.2) is 12.1 Å². The van der Waals surface area contributed by atoms with Crippen molar-refractivity contribution in [3.05, 3.63) is 6.92 Å². The van der Waals surface area contributed by atoms with E-state index in [1.165, 1.54) is 0 Å². The highest BCUT2D eigenvalue weighted by atomic mass is 35.5. The van der Waals surface area contributed by atoms with Crippen LogP contribution in [0.1, 0.15) is 25.7 Å². The molecule has 0 rings (SSSR count). The average Bonchev–Trinajstić information content (AvgIpc) is 1.85. The molecule has 0 fully saturated rings. The van der Waals surface area contributed by atoms with Crippen molar-refractivity contribution >= 4 is 11.6 Å². The summed E-state index contributed by atoms with van der Waals surface area (Å²) in [4.78, 5) is 0. The minimum Gasteiger partial charge on any atom is -0.247 e. The highest BCUT2D eigenvalue weighted by Crippen LogP contribution is 2.08. The van der Waals surface area contributed by atoms with Crippen LogP contribution in [0.15, 0.2) is 0 Å². The molecule has 0 saturated carbocycles. The lowest BCUT2D eigenvalue weighted by atomic mass is 10.1. The van der Waals surface area contributed by atoms with E-state index >= 15 is 0 Å². The van der Waals surface area contributed by atoms with Crippen LogP contribution in [-0.2, 0) is 0 Å². The van der Waals surface area contributed by atoms with Gasteiger partial charge in [0, 0.05) is 5.88 Å². The fourth-order valence-corrected chi connectivity index (χ4v) is 0.819. The van der Waals surface area contributed by atoms with Crippen LogP contribution in [0.4, 0.5) is 4.39 Å². The Bertz CT molecular complexity index is 56.9. The Labute approximate surface area is 61.4 Å². The summed E-state index contributed by atoms with van der Waals surface area (Å²) in [6.07, 6.45) is 1.96. The van der Waals surface area contributed by atoms with Gasteiger partial charge in [-0.15, -0.1) is 11.6 Å². The maximum absolute atomic E-state index is 12.5. The molecule has 0 aliphatic carbocycles. The fourth-order valence-electron chi connectivity index (χ4n) is 0.664. The molecular weight excluding hydrogens is 139 g/mol. The standard InChI is InChI=1S/C7H13ClF/c1-2-4-7(9)5-3-6-8/h7H,1-6H2. The topological polar surface area (TPSA) is 0 Å². The minimum absolute atomic E-state index is 0.567. The van der Waals surface area contributed by atoms with Crippen molar-refractivity contribution in [1.82, 2.24) is 0 Å². The summed E-state index contributed by atoms with van der Waals surface area (Å²) in [5, 5.41) is 0.